The fourth-order valence-corrected chi connectivity index (χ4v) is 4.90. The van der Waals surface area contributed by atoms with Crippen molar-refractivity contribution in [3.05, 3.63) is 75.7 Å². The maximum atomic E-state index is 12.9. The van der Waals surface area contributed by atoms with E-state index in [9.17, 15) is 9.59 Å². The van der Waals surface area contributed by atoms with Gasteiger partial charge in [0.05, 0.1) is 6.04 Å². The van der Waals surface area contributed by atoms with E-state index in [2.05, 4.69) is 27.0 Å². The van der Waals surface area contributed by atoms with Crippen LogP contribution in [0.2, 0.25) is 0 Å². The van der Waals surface area contributed by atoms with Gasteiger partial charge in [0.25, 0.3) is 5.91 Å². The minimum atomic E-state index is -0.267. The highest BCUT2D eigenvalue weighted by Gasteiger charge is 2.28. The number of rotatable bonds is 7. The van der Waals surface area contributed by atoms with Crippen molar-refractivity contribution in [2.45, 2.75) is 58.2 Å². The summed E-state index contributed by atoms with van der Waals surface area (Å²) in [6, 6.07) is 14.8. The monoisotopic (exact) mass is 478 g/mol. The highest BCUT2D eigenvalue weighted by molar-refractivity contribution is 7.09. The molecule has 0 aliphatic heterocycles. The fraction of sp³-hybridized carbons (Fsp3) is 0.346. The van der Waals surface area contributed by atoms with Gasteiger partial charge in [0.15, 0.2) is 0 Å². The Morgan fingerprint density at radius 1 is 1.00 bits per heavy atom. The second-order valence-corrected chi connectivity index (χ2v) is 9.62. The fourth-order valence-electron chi connectivity index (χ4n) is 4.22. The van der Waals surface area contributed by atoms with Crippen LogP contribution in [0.25, 0.3) is 0 Å². The van der Waals surface area contributed by atoms with Gasteiger partial charge < -0.3 is 20.7 Å². The predicted molar refractivity (Wildman–Crippen MR) is 134 cm³/mol. The number of hydrogen-bond acceptors (Lipinski definition) is 5. The molecular formula is C26H30N4O3S. The van der Waals surface area contributed by atoms with Crippen molar-refractivity contribution in [3.8, 4) is 5.75 Å². The number of nitrogens with zero attached hydrogens (tertiary/aromatic N) is 1. The summed E-state index contributed by atoms with van der Waals surface area (Å²) in [5, 5.41) is 11.4. The minimum absolute atomic E-state index is 0.132. The second kappa shape index (κ2) is 11.2. The molecule has 178 valence electrons. The van der Waals surface area contributed by atoms with Gasteiger partial charge in [0.2, 0.25) is 0 Å². The average Bonchev–Trinajstić information content (AvgIpc) is 3.28. The summed E-state index contributed by atoms with van der Waals surface area (Å²) in [6.45, 7) is 4.38. The van der Waals surface area contributed by atoms with Crippen LogP contribution in [0.15, 0.2) is 53.9 Å². The molecule has 3 aromatic rings. The van der Waals surface area contributed by atoms with E-state index in [0.29, 0.717) is 12.3 Å². The zero-order valence-electron chi connectivity index (χ0n) is 19.5. The van der Waals surface area contributed by atoms with Crippen LogP contribution in [-0.2, 0) is 6.61 Å². The number of aromatic nitrogens is 1. The lowest BCUT2D eigenvalue weighted by Gasteiger charge is -2.32. The number of thiazole rings is 1. The Kier molecular flexibility index (Phi) is 7.80. The van der Waals surface area contributed by atoms with Gasteiger partial charge in [-0.1, -0.05) is 37.1 Å². The molecule has 34 heavy (non-hydrogen) atoms. The van der Waals surface area contributed by atoms with E-state index in [0.717, 1.165) is 53.3 Å². The summed E-state index contributed by atoms with van der Waals surface area (Å²) in [5.74, 6) is 0.569. The quantitative estimate of drug-likeness (QED) is 0.435. The first kappa shape index (κ1) is 23.8. The molecule has 1 aromatic heterocycles. The van der Waals surface area contributed by atoms with Gasteiger partial charge in [0, 0.05) is 17.1 Å². The standard InChI is InChI=1S/C26H30N4O3S/c1-17-12-18(2)14-20(13-17)33-15-24-28-23(16-34-24)25(31)29-21-10-6-7-11-22(21)30-26(32)27-19-8-4-3-5-9-19/h3-5,8-9,12-14,16,21-22H,6-7,10-11,15H2,1-2H3,(H,29,31)(H2,27,30,32)/t21-,22+/m1/s1. The van der Waals surface area contributed by atoms with Crippen molar-refractivity contribution in [2.75, 3.05) is 5.32 Å². The lowest BCUT2D eigenvalue weighted by molar-refractivity contribution is 0.0911. The average molecular weight is 479 g/mol. The highest BCUT2D eigenvalue weighted by atomic mass is 32.1. The lowest BCUT2D eigenvalue weighted by Crippen LogP contribution is -2.54. The van der Waals surface area contributed by atoms with Crippen LogP contribution in [0, 0.1) is 13.8 Å². The zero-order valence-corrected chi connectivity index (χ0v) is 20.3. The highest BCUT2D eigenvalue weighted by Crippen LogP contribution is 2.21. The van der Waals surface area contributed by atoms with Crippen LogP contribution in [0.1, 0.15) is 52.3 Å². The summed E-state index contributed by atoms with van der Waals surface area (Å²) in [5.41, 5.74) is 3.39. The van der Waals surface area contributed by atoms with Crippen LogP contribution < -0.4 is 20.7 Å². The van der Waals surface area contributed by atoms with Crippen LogP contribution in [0.5, 0.6) is 5.75 Å². The first-order valence-electron chi connectivity index (χ1n) is 11.6. The molecule has 0 radical (unpaired) electrons. The van der Waals surface area contributed by atoms with E-state index in [1.165, 1.54) is 11.3 Å². The predicted octanol–water partition coefficient (Wildman–Crippen LogP) is 5.20. The number of amides is 3. The Labute approximate surface area is 204 Å². The maximum absolute atomic E-state index is 12.9. The molecule has 0 bridgehead atoms. The van der Waals surface area contributed by atoms with E-state index >= 15 is 0 Å². The van der Waals surface area contributed by atoms with Crippen molar-refractivity contribution < 1.29 is 14.3 Å². The van der Waals surface area contributed by atoms with Crippen molar-refractivity contribution in [1.82, 2.24) is 15.6 Å². The molecule has 1 fully saturated rings. The lowest BCUT2D eigenvalue weighted by atomic mass is 9.90. The molecule has 7 nitrogen and oxygen atoms in total. The maximum Gasteiger partial charge on any atom is 0.319 e. The van der Waals surface area contributed by atoms with Crippen LogP contribution >= 0.6 is 11.3 Å². The van der Waals surface area contributed by atoms with E-state index in [-0.39, 0.29) is 24.0 Å². The molecule has 3 N–H and O–H groups in total. The normalized spacial score (nSPS) is 17.6. The third kappa shape index (κ3) is 6.57. The summed E-state index contributed by atoms with van der Waals surface area (Å²) < 4.78 is 5.87. The van der Waals surface area contributed by atoms with Gasteiger partial charge in [-0.2, -0.15) is 0 Å². The van der Waals surface area contributed by atoms with Gasteiger partial charge in [-0.15, -0.1) is 11.3 Å². The Morgan fingerprint density at radius 3 is 2.38 bits per heavy atom. The smallest absolute Gasteiger partial charge is 0.319 e. The molecule has 1 heterocycles. The Balaban J connectivity index is 1.31. The Bertz CT molecular complexity index is 1110. The van der Waals surface area contributed by atoms with E-state index in [1.54, 1.807) is 5.38 Å². The third-order valence-electron chi connectivity index (χ3n) is 5.77. The SMILES string of the molecule is Cc1cc(C)cc(OCc2nc(C(=O)N[C@@H]3CCCC[C@@H]3NC(=O)Nc3ccccc3)cs2)c1. The van der Waals surface area contributed by atoms with Gasteiger partial charge in [-0.25, -0.2) is 9.78 Å². The molecule has 1 aliphatic rings. The molecular weight excluding hydrogens is 448 g/mol. The third-order valence-corrected chi connectivity index (χ3v) is 6.59. The van der Waals surface area contributed by atoms with E-state index in [1.807, 2.05) is 56.3 Å². The number of carbonyl (C=O) groups excluding carboxylic acids is 2. The van der Waals surface area contributed by atoms with Gasteiger partial charge >= 0.3 is 6.03 Å². The van der Waals surface area contributed by atoms with Gasteiger partial charge in [0.1, 0.15) is 23.1 Å². The number of nitrogens with one attached hydrogen (secondary N) is 3. The summed E-state index contributed by atoms with van der Waals surface area (Å²) in [7, 11) is 0. The molecule has 4 rings (SSSR count). The molecule has 0 spiro atoms. The molecule has 0 saturated heterocycles. The van der Waals surface area contributed by atoms with Crippen molar-refractivity contribution in [3.63, 3.8) is 0 Å². The number of aryl methyl sites for hydroxylation is 2. The number of carbonyl (C=O) groups is 2. The molecule has 8 heteroatoms. The largest absolute Gasteiger partial charge is 0.486 e. The molecule has 1 saturated carbocycles. The van der Waals surface area contributed by atoms with E-state index in [4.69, 9.17) is 4.74 Å². The number of anilines is 1. The molecule has 0 unspecified atom stereocenters. The summed E-state index contributed by atoms with van der Waals surface area (Å²) in [4.78, 5) is 29.8. The second-order valence-electron chi connectivity index (χ2n) is 8.67. The number of urea groups is 1. The molecule has 2 aromatic carbocycles. The Hall–Kier alpha value is -3.39. The van der Waals surface area contributed by atoms with Gasteiger partial charge in [-0.3, -0.25) is 4.79 Å². The molecule has 3 amide bonds. The number of hydrogen-bond donors (Lipinski definition) is 3. The summed E-state index contributed by atoms with van der Waals surface area (Å²) in [6.07, 6.45) is 3.66. The van der Waals surface area contributed by atoms with Gasteiger partial charge in [-0.05, 0) is 62.1 Å². The first-order valence-corrected chi connectivity index (χ1v) is 12.4. The molecule has 1 aliphatic carbocycles. The molecule has 2 atom stereocenters. The topological polar surface area (TPSA) is 92.3 Å². The zero-order chi connectivity index (χ0) is 23.9. The minimum Gasteiger partial charge on any atom is -0.486 e. The number of ether oxygens (including phenoxy) is 1. The van der Waals surface area contributed by atoms with Crippen LogP contribution in [-0.4, -0.2) is 29.0 Å². The first-order chi connectivity index (χ1) is 16.5. The van der Waals surface area contributed by atoms with Crippen molar-refractivity contribution in [2.24, 2.45) is 0 Å². The Morgan fingerprint density at radius 2 is 1.68 bits per heavy atom. The van der Waals surface area contributed by atoms with Crippen LogP contribution in [0.4, 0.5) is 10.5 Å². The van der Waals surface area contributed by atoms with Crippen LogP contribution in [0.3, 0.4) is 0 Å². The number of benzene rings is 2. The van der Waals surface area contributed by atoms with Crippen molar-refractivity contribution >= 4 is 29.0 Å². The summed E-state index contributed by atoms with van der Waals surface area (Å²) >= 11 is 1.40. The number of para-hydroxylation sites is 1. The van der Waals surface area contributed by atoms with E-state index < -0.39 is 0 Å². The van der Waals surface area contributed by atoms with Crippen molar-refractivity contribution in [1.29, 1.82) is 0 Å².